The van der Waals surface area contributed by atoms with E-state index >= 15 is 0 Å². The van der Waals surface area contributed by atoms with Gasteiger partial charge in [0.15, 0.2) is 5.65 Å². The zero-order valence-electron chi connectivity index (χ0n) is 17.5. The maximum absolute atomic E-state index is 13.7. The summed E-state index contributed by atoms with van der Waals surface area (Å²) in [6, 6.07) is 10.3. The largest absolute Gasteiger partial charge is 0.352 e. The summed E-state index contributed by atoms with van der Waals surface area (Å²) in [4.78, 5) is 17.2. The summed E-state index contributed by atoms with van der Waals surface area (Å²) in [7, 11) is 0. The molecule has 0 saturated heterocycles. The highest BCUT2D eigenvalue weighted by atomic mass is 35.5. The smallest absolute Gasteiger partial charge is 0.280 e. The van der Waals surface area contributed by atoms with Crippen LogP contribution >= 0.6 is 11.6 Å². The fourth-order valence-electron chi connectivity index (χ4n) is 3.48. The molecule has 4 aromatic rings. The number of nitrogens with one attached hydrogen (secondary N) is 1. The molecule has 1 amide bonds. The lowest BCUT2D eigenvalue weighted by atomic mass is 10.1. The zero-order valence-corrected chi connectivity index (χ0v) is 18.3. The van der Waals surface area contributed by atoms with Gasteiger partial charge in [-0.1, -0.05) is 41.9 Å². The van der Waals surface area contributed by atoms with E-state index in [0.717, 1.165) is 15.9 Å². The lowest BCUT2D eigenvalue weighted by Gasteiger charge is -2.09. The first-order chi connectivity index (χ1) is 15.4. The minimum absolute atomic E-state index is 0.0875. The molecule has 32 heavy (non-hydrogen) atoms. The Bertz CT molecular complexity index is 1270. The van der Waals surface area contributed by atoms with Crippen molar-refractivity contribution in [3.8, 4) is 11.3 Å². The van der Waals surface area contributed by atoms with Crippen molar-refractivity contribution in [1.82, 2.24) is 29.7 Å². The molecule has 0 radical (unpaired) electrons. The molecule has 0 bridgehead atoms. The first kappa shape index (κ1) is 21.9. The Morgan fingerprint density at radius 2 is 1.97 bits per heavy atom. The van der Waals surface area contributed by atoms with Crippen LogP contribution in [0.25, 0.3) is 16.9 Å². The molecular formula is C22H21ClF2N6O. The van der Waals surface area contributed by atoms with Crippen LogP contribution in [0.15, 0.2) is 42.6 Å². The van der Waals surface area contributed by atoms with Crippen molar-refractivity contribution in [2.75, 3.05) is 6.54 Å². The third-order valence-corrected chi connectivity index (χ3v) is 5.71. The highest BCUT2D eigenvalue weighted by Crippen LogP contribution is 2.26. The fraction of sp³-hybridized carbons (Fsp3) is 0.273. The predicted molar refractivity (Wildman–Crippen MR) is 117 cm³/mol. The van der Waals surface area contributed by atoms with Crippen molar-refractivity contribution in [1.29, 1.82) is 0 Å². The summed E-state index contributed by atoms with van der Waals surface area (Å²) >= 11 is 6.15. The minimum atomic E-state index is -2.77. The molecule has 10 heteroatoms. The lowest BCUT2D eigenvalue weighted by molar-refractivity contribution is 0.0953. The van der Waals surface area contributed by atoms with Crippen LogP contribution in [0.2, 0.25) is 5.02 Å². The van der Waals surface area contributed by atoms with Crippen molar-refractivity contribution in [3.05, 3.63) is 70.3 Å². The lowest BCUT2D eigenvalue weighted by Crippen LogP contribution is -2.25. The molecule has 3 heterocycles. The standard InChI is InChI=1S/C22H21ClF2N6O/c1-13-19(23)14(2)30(29-13)10-6-9-26-22(32)16-12-27-31-18(20(24)25)11-17(28-21(16)31)15-7-4-3-5-8-15/h3-5,7-8,11-12,20H,6,9-10H2,1-2H3,(H,26,32). The molecule has 0 aliphatic heterocycles. The number of nitrogens with zero attached hydrogens (tertiary/aromatic N) is 5. The van der Waals surface area contributed by atoms with E-state index in [0.29, 0.717) is 35.8 Å². The van der Waals surface area contributed by atoms with Gasteiger partial charge in [0, 0.05) is 18.7 Å². The van der Waals surface area contributed by atoms with Crippen LogP contribution in [-0.4, -0.2) is 36.8 Å². The number of hydrogen-bond acceptors (Lipinski definition) is 4. The number of amides is 1. The Morgan fingerprint density at radius 3 is 2.62 bits per heavy atom. The normalized spacial score (nSPS) is 11.4. The number of hydrogen-bond donors (Lipinski definition) is 1. The minimum Gasteiger partial charge on any atom is -0.352 e. The Morgan fingerprint density at radius 1 is 1.22 bits per heavy atom. The number of halogens is 3. The average molecular weight is 459 g/mol. The summed E-state index contributed by atoms with van der Waals surface area (Å²) in [5, 5.41) is 11.8. The van der Waals surface area contributed by atoms with Crippen LogP contribution in [0.1, 0.15) is 40.3 Å². The zero-order chi connectivity index (χ0) is 22.8. The number of benzene rings is 1. The topological polar surface area (TPSA) is 77.1 Å². The summed E-state index contributed by atoms with van der Waals surface area (Å²) < 4.78 is 30.1. The van der Waals surface area contributed by atoms with Gasteiger partial charge in [0.1, 0.15) is 11.3 Å². The van der Waals surface area contributed by atoms with E-state index in [9.17, 15) is 13.6 Å². The summed E-state index contributed by atoms with van der Waals surface area (Å²) in [6.45, 7) is 4.67. The van der Waals surface area contributed by atoms with E-state index in [2.05, 4.69) is 20.5 Å². The van der Waals surface area contributed by atoms with Crippen LogP contribution in [0.5, 0.6) is 0 Å². The van der Waals surface area contributed by atoms with Gasteiger partial charge in [0.05, 0.1) is 28.3 Å². The number of fused-ring (bicyclic) bond motifs is 1. The summed E-state index contributed by atoms with van der Waals surface area (Å²) in [6.07, 6.45) is -0.890. The number of aryl methyl sites for hydroxylation is 2. The number of rotatable bonds is 7. The van der Waals surface area contributed by atoms with Crippen LogP contribution in [0.3, 0.4) is 0 Å². The van der Waals surface area contributed by atoms with E-state index in [-0.39, 0.29) is 16.9 Å². The third kappa shape index (κ3) is 4.20. The SMILES string of the molecule is Cc1nn(CCCNC(=O)c2cnn3c(C(F)F)cc(-c4ccccc4)nc23)c(C)c1Cl. The van der Waals surface area contributed by atoms with Gasteiger partial charge in [0.25, 0.3) is 12.3 Å². The monoisotopic (exact) mass is 458 g/mol. The molecule has 0 aliphatic carbocycles. The van der Waals surface area contributed by atoms with Gasteiger partial charge in [-0.15, -0.1) is 0 Å². The molecule has 7 nitrogen and oxygen atoms in total. The molecule has 1 N–H and O–H groups in total. The molecule has 0 aliphatic rings. The second-order valence-electron chi connectivity index (χ2n) is 7.34. The van der Waals surface area contributed by atoms with Crippen molar-refractivity contribution in [3.63, 3.8) is 0 Å². The summed E-state index contributed by atoms with van der Waals surface area (Å²) in [5.41, 5.74) is 2.56. The van der Waals surface area contributed by atoms with E-state index < -0.39 is 12.3 Å². The van der Waals surface area contributed by atoms with Gasteiger partial charge in [-0.2, -0.15) is 10.2 Å². The number of aromatic nitrogens is 5. The molecule has 0 unspecified atom stereocenters. The quantitative estimate of drug-likeness (QED) is 0.410. The van der Waals surface area contributed by atoms with Gasteiger partial charge >= 0.3 is 0 Å². The Balaban J connectivity index is 1.53. The second kappa shape index (κ2) is 9.04. The van der Waals surface area contributed by atoms with Gasteiger partial charge in [-0.25, -0.2) is 18.3 Å². The fourth-order valence-corrected chi connectivity index (χ4v) is 3.61. The van der Waals surface area contributed by atoms with Crippen molar-refractivity contribution in [2.45, 2.75) is 33.2 Å². The molecule has 166 valence electrons. The number of alkyl halides is 2. The molecule has 0 saturated carbocycles. The molecular weight excluding hydrogens is 438 g/mol. The van der Waals surface area contributed by atoms with Crippen molar-refractivity contribution >= 4 is 23.2 Å². The first-order valence-corrected chi connectivity index (χ1v) is 10.4. The van der Waals surface area contributed by atoms with Crippen LogP contribution in [0, 0.1) is 13.8 Å². The van der Waals surface area contributed by atoms with Crippen LogP contribution in [0.4, 0.5) is 8.78 Å². The second-order valence-corrected chi connectivity index (χ2v) is 7.72. The highest BCUT2D eigenvalue weighted by Gasteiger charge is 2.21. The van der Waals surface area contributed by atoms with Crippen molar-refractivity contribution in [2.24, 2.45) is 0 Å². The highest BCUT2D eigenvalue weighted by molar-refractivity contribution is 6.31. The van der Waals surface area contributed by atoms with E-state index in [1.807, 2.05) is 19.9 Å². The van der Waals surface area contributed by atoms with Gasteiger partial charge in [-0.05, 0) is 26.3 Å². The average Bonchev–Trinajstić information content (AvgIpc) is 3.33. The maximum atomic E-state index is 13.7. The molecule has 0 atom stereocenters. The van der Waals surface area contributed by atoms with Crippen molar-refractivity contribution < 1.29 is 13.6 Å². The van der Waals surface area contributed by atoms with E-state index in [1.54, 1.807) is 28.9 Å². The predicted octanol–water partition coefficient (Wildman–Crippen LogP) is 4.62. The summed E-state index contributed by atoms with van der Waals surface area (Å²) in [5.74, 6) is -0.427. The third-order valence-electron chi connectivity index (χ3n) is 5.16. The van der Waals surface area contributed by atoms with E-state index in [1.165, 1.54) is 12.3 Å². The van der Waals surface area contributed by atoms with Gasteiger partial charge < -0.3 is 5.32 Å². The van der Waals surface area contributed by atoms with Crippen LogP contribution < -0.4 is 5.32 Å². The van der Waals surface area contributed by atoms with Crippen LogP contribution in [-0.2, 0) is 6.54 Å². The Labute approximate surface area is 188 Å². The van der Waals surface area contributed by atoms with Gasteiger partial charge in [0.2, 0.25) is 0 Å². The van der Waals surface area contributed by atoms with Gasteiger partial charge in [-0.3, -0.25) is 9.48 Å². The Kier molecular flexibility index (Phi) is 6.18. The molecule has 0 fully saturated rings. The first-order valence-electron chi connectivity index (χ1n) is 10.1. The molecule has 3 aromatic heterocycles. The Hall–Kier alpha value is -3.33. The molecule has 1 aromatic carbocycles. The molecule has 4 rings (SSSR count). The number of carbonyl (C=O) groups is 1. The van der Waals surface area contributed by atoms with E-state index in [4.69, 9.17) is 11.6 Å². The molecule has 0 spiro atoms. The number of carbonyl (C=O) groups excluding carboxylic acids is 1. The maximum Gasteiger partial charge on any atom is 0.280 e.